The van der Waals surface area contributed by atoms with Crippen molar-refractivity contribution >= 4 is 39.0 Å². The first kappa shape index (κ1) is 18.8. The number of hydrogen-bond acceptors (Lipinski definition) is 4. The molecule has 1 N–H and O–H groups in total. The van der Waals surface area contributed by atoms with Crippen LogP contribution in [0.25, 0.3) is 6.08 Å². The van der Waals surface area contributed by atoms with Crippen molar-refractivity contribution in [2.75, 3.05) is 18.4 Å². The second kappa shape index (κ2) is 8.16. The second-order valence-electron chi connectivity index (χ2n) is 6.51. The van der Waals surface area contributed by atoms with Crippen LogP contribution in [0.2, 0.25) is 0 Å². The number of rotatable bonds is 5. The number of hydrogen-bond donors (Lipinski definition) is 1. The van der Waals surface area contributed by atoms with E-state index in [1.54, 1.807) is 46.0 Å². The topological polar surface area (TPSA) is 66.5 Å². The van der Waals surface area contributed by atoms with Gasteiger partial charge >= 0.3 is 0 Å². The van der Waals surface area contributed by atoms with E-state index < -0.39 is 10.0 Å². The highest BCUT2D eigenvalue weighted by atomic mass is 32.2. The van der Waals surface area contributed by atoms with Crippen LogP contribution in [0.15, 0.2) is 52.1 Å². The molecule has 1 amide bonds. The minimum absolute atomic E-state index is 0.253. The van der Waals surface area contributed by atoms with E-state index in [1.165, 1.54) is 6.08 Å². The molecule has 2 heterocycles. The van der Waals surface area contributed by atoms with Crippen molar-refractivity contribution in [2.45, 2.75) is 24.7 Å². The van der Waals surface area contributed by atoms with E-state index in [9.17, 15) is 13.2 Å². The third-order valence-corrected chi connectivity index (χ3v) is 6.93. The zero-order chi connectivity index (χ0) is 18.6. The molecule has 1 unspecified atom stereocenters. The van der Waals surface area contributed by atoms with Crippen LogP contribution in [0.5, 0.6) is 0 Å². The molecule has 0 aliphatic carbocycles. The van der Waals surface area contributed by atoms with Gasteiger partial charge in [-0.2, -0.15) is 15.6 Å². The minimum Gasteiger partial charge on any atom is -0.323 e. The third-order valence-electron chi connectivity index (χ3n) is 4.35. The van der Waals surface area contributed by atoms with Gasteiger partial charge in [-0.1, -0.05) is 6.92 Å². The van der Waals surface area contributed by atoms with Crippen LogP contribution < -0.4 is 5.32 Å². The molecule has 0 spiro atoms. The summed E-state index contributed by atoms with van der Waals surface area (Å²) in [7, 11) is -3.47. The van der Waals surface area contributed by atoms with Crippen LogP contribution in [0, 0.1) is 5.92 Å². The molecule has 1 aliphatic rings. The fourth-order valence-corrected chi connectivity index (χ4v) is 5.18. The lowest BCUT2D eigenvalue weighted by Crippen LogP contribution is -2.39. The first-order valence-corrected chi connectivity index (χ1v) is 10.9. The number of thiophene rings is 1. The molecular weight excluding hydrogens is 368 g/mol. The van der Waals surface area contributed by atoms with Crippen molar-refractivity contribution < 1.29 is 13.2 Å². The number of sulfonamides is 1. The Bertz CT molecular complexity index is 872. The van der Waals surface area contributed by atoms with Gasteiger partial charge in [0.15, 0.2) is 0 Å². The second-order valence-corrected chi connectivity index (χ2v) is 9.23. The van der Waals surface area contributed by atoms with Gasteiger partial charge in [-0.3, -0.25) is 4.79 Å². The van der Waals surface area contributed by atoms with Crippen molar-refractivity contribution in [2.24, 2.45) is 5.92 Å². The Kier molecular flexibility index (Phi) is 5.90. The summed E-state index contributed by atoms with van der Waals surface area (Å²) < 4.78 is 27.0. The summed E-state index contributed by atoms with van der Waals surface area (Å²) in [5.41, 5.74) is 1.54. The minimum atomic E-state index is -3.47. The number of benzene rings is 1. The van der Waals surface area contributed by atoms with E-state index in [4.69, 9.17) is 0 Å². The lowest BCUT2D eigenvalue weighted by molar-refractivity contribution is -0.111. The normalized spacial score (nSPS) is 18.9. The quantitative estimate of drug-likeness (QED) is 0.789. The molecule has 2 aromatic rings. The van der Waals surface area contributed by atoms with Gasteiger partial charge in [0, 0.05) is 24.9 Å². The molecule has 26 heavy (non-hydrogen) atoms. The molecule has 1 aromatic heterocycles. The number of nitrogens with zero attached hydrogens (tertiary/aromatic N) is 1. The number of piperidine rings is 1. The van der Waals surface area contributed by atoms with E-state index in [1.807, 2.05) is 16.8 Å². The van der Waals surface area contributed by atoms with Crippen molar-refractivity contribution in [1.29, 1.82) is 0 Å². The Morgan fingerprint density at radius 3 is 2.69 bits per heavy atom. The fourth-order valence-electron chi connectivity index (χ4n) is 2.95. The van der Waals surface area contributed by atoms with Gasteiger partial charge in [0.25, 0.3) is 0 Å². The molecule has 1 atom stereocenters. The van der Waals surface area contributed by atoms with Crippen molar-refractivity contribution in [3.63, 3.8) is 0 Å². The lowest BCUT2D eigenvalue weighted by atomic mass is 10.0. The van der Waals surface area contributed by atoms with Gasteiger partial charge in [0.1, 0.15) is 0 Å². The zero-order valence-electron chi connectivity index (χ0n) is 14.6. The molecule has 5 nitrogen and oxygen atoms in total. The predicted molar refractivity (Wildman–Crippen MR) is 106 cm³/mol. The first-order chi connectivity index (χ1) is 12.4. The van der Waals surface area contributed by atoms with Crippen molar-refractivity contribution in [3.8, 4) is 0 Å². The average molecular weight is 391 g/mol. The number of carbonyl (C=O) groups excluding carboxylic acids is 1. The molecule has 138 valence electrons. The van der Waals surface area contributed by atoms with Gasteiger partial charge in [-0.05, 0) is 71.5 Å². The summed E-state index contributed by atoms with van der Waals surface area (Å²) >= 11 is 1.57. The molecule has 3 rings (SSSR count). The summed E-state index contributed by atoms with van der Waals surface area (Å²) in [6.45, 7) is 3.21. The van der Waals surface area contributed by atoms with Crippen LogP contribution >= 0.6 is 11.3 Å². The smallest absolute Gasteiger partial charge is 0.248 e. The largest absolute Gasteiger partial charge is 0.323 e. The van der Waals surface area contributed by atoms with E-state index in [0.717, 1.165) is 18.4 Å². The van der Waals surface area contributed by atoms with Crippen molar-refractivity contribution in [1.82, 2.24) is 4.31 Å². The molecule has 1 aliphatic heterocycles. The molecule has 0 radical (unpaired) electrons. The van der Waals surface area contributed by atoms with Gasteiger partial charge in [0.05, 0.1) is 4.90 Å². The molecule has 1 fully saturated rings. The Balaban J connectivity index is 1.65. The molecule has 1 aromatic carbocycles. The van der Waals surface area contributed by atoms with Crippen LogP contribution in [-0.2, 0) is 14.8 Å². The molecule has 7 heteroatoms. The maximum atomic E-state index is 12.7. The SMILES string of the molecule is CC1CCCN(S(=O)(=O)c2ccc(NC(=O)/C=C/c3ccsc3)cc2)C1. The summed E-state index contributed by atoms with van der Waals surface area (Å²) in [5, 5.41) is 6.63. The number of amides is 1. The lowest BCUT2D eigenvalue weighted by Gasteiger charge is -2.30. The summed E-state index contributed by atoms with van der Waals surface area (Å²) in [5.74, 6) is 0.128. The maximum absolute atomic E-state index is 12.7. The highest BCUT2D eigenvalue weighted by Gasteiger charge is 2.28. The summed E-state index contributed by atoms with van der Waals surface area (Å²) in [4.78, 5) is 12.2. The van der Waals surface area contributed by atoms with Crippen LogP contribution in [0.4, 0.5) is 5.69 Å². The van der Waals surface area contributed by atoms with Crippen molar-refractivity contribution in [3.05, 3.63) is 52.7 Å². The third kappa shape index (κ3) is 4.60. The maximum Gasteiger partial charge on any atom is 0.248 e. The van der Waals surface area contributed by atoms with E-state index in [0.29, 0.717) is 24.7 Å². The van der Waals surface area contributed by atoms with Gasteiger partial charge < -0.3 is 5.32 Å². The van der Waals surface area contributed by atoms with Gasteiger partial charge in [-0.15, -0.1) is 0 Å². The predicted octanol–water partition coefficient (Wildman–Crippen LogP) is 3.82. The molecule has 0 saturated carbocycles. The zero-order valence-corrected chi connectivity index (χ0v) is 16.2. The Morgan fingerprint density at radius 1 is 1.27 bits per heavy atom. The Hall–Kier alpha value is -1.96. The van der Waals surface area contributed by atoms with Crippen LogP contribution in [0.3, 0.4) is 0 Å². The van der Waals surface area contributed by atoms with E-state index in [2.05, 4.69) is 12.2 Å². The Morgan fingerprint density at radius 2 is 2.04 bits per heavy atom. The summed E-state index contributed by atoms with van der Waals surface area (Å²) in [6, 6.07) is 8.27. The average Bonchev–Trinajstić information content (AvgIpc) is 3.14. The number of nitrogens with one attached hydrogen (secondary N) is 1. The molecule has 1 saturated heterocycles. The number of carbonyl (C=O) groups is 1. The molecule has 0 bridgehead atoms. The standard InChI is InChI=1S/C19H22N2O3S2/c1-15-3-2-11-21(13-15)26(23,24)18-7-5-17(6-8-18)20-19(22)9-4-16-10-12-25-14-16/h4-10,12,14-15H,2-3,11,13H2,1H3,(H,20,22)/b9-4+. The molecular formula is C19H22N2O3S2. The Labute approximate surface area is 158 Å². The van der Waals surface area contributed by atoms with Crippen LogP contribution in [0.1, 0.15) is 25.3 Å². The highest BCUT2D eigenvalue weighted by molar-refractivity contribution is 7.89. The number of anilines is 1. The monoisotopic (exact) mass is 390 g/mol. The van der Waals surface area contributed by atoms with E-state index >= 15 is 0 Å². The fraction of sp³-hybridized carbons (Fsp3) is 0.316. The van der Waals surface area contributed by atoms with Crippen LogP contribution in [-0.4, -0.2) is 31.7 Å². The van der Waals surface area contributed by atoms with E-state index in [-0.39, 0.29) is 10.8 Å². The highest BCUT2D eigenvalue weighted by Crippen LogP contribution is 2.24. The summed E-state index contributed by atoms with van der Waals surface area (Å²) in [6.07, 6.45) is 5.16. The first-order valence-electron chi connectivity index (χ1n) is 8.56. The van der Waals surface area contributed by atoms with Gasteiger partial charge in [0.2, 0.25) is 15.9 Å². The van der Waals surface area contributed by atoms with Gasteiger partial charge in [-0.25, -0.2) is 8.42 Å².